The van der Waals surface area contributed by atoms with Gasteiger partial charge in [-0.1, -0.05) is 22.9 Å². The lowest BCUT2D eigenvalue weighted by molar-refractivity contribution is 0.0698. The number of aromatic carboxylic acids is 1. The number of benzene rings is 1. The predicted octanol–water partition coefficient (Wildman–Crippen LogP) is 3.02. The fraction of sp³-hybridized carbons (Fsp3) is 0.333. The average molecular weight is 347 g/mol. The number of anilines is 1. The Labute approximate surface area is 124 Å². The van der Waals surface area contributed by atoms with Crippen LogP contribution in [0.5, 0.6) is 0 Å². The van der Waals surface area contributed by atoms with Crippen molar-refractivity contribution in [2.24, 2.45) is 0 Å². The van der Waals surface area contributed by atoms with Gasteiger partial charge in [-0.05, 0) is 24.5 Å². The van der Waals surface area contributed by atoms with Crippen molar-refractivity contribution in [3.05, 3.63) is 28.2 Å². The van der Waals surface area contributed by atoms with Gasteiger partial charge in [0.25, 0.3) is 0 Å². The molecule has 0 aliphatic carbocycles. The van der Waals surface area contributed by atoms with Gasteiger partial charge in [-0.25, -0.2) is 9.59 Å². The van der Waals surface area contributed by atoms with E-state index in [9.17, 15) is 9.59 Å². The molecule has 19 heavy (non-hydrogen) atoms. The minimum atomic E-state index is -1.09. The van der Waals surface area contributed by atoms with E-state index >= 15 is 0 Å². The highest BCUT2D eigenvalue weighted by Crippen LogP contribution is 2.21. The van der Waals surface area contributed by atoms with Gasteiger partial charge in [0.15, 0.2) is 0 Å². The molecule has 1 unspecified atom stereocenters. The summed E-state index contributed by atoms with van der Waals surface area (Å²) in [6, 6.07) is 4.26. The third-order valence-corrected chi connectivity index (χ3v) is 3.88. The molecule has 0 aliphatic rings. The Bertz CT molecular complexity index is 482. The van der Waals surface area contributed by atoms with Crippen molar-refractivity contribution in [3.63, 3.8) is 0 Å². The van der Waals surface area contributed by atoms with Crippen molar-refractivity contribution >= 4 is 45.4 Å². The van der Waals surface area contributed by atoms with Crippen LogP contribution in [0.4, 0.5) is 10.5 Å². The molecule has 0 fully saturated rings. The molecule has 2 amide bonds. The molecule has 0 spiro atoms. The molecule has 0 bridgehead atoms. The number of thioether (sulfide) groups is 1. The summed E-state index contributed by atoms with van der Waals surface area (Å²) in [6.07, 6.45) is 1.96. The van der Waals surface area contributed by atoms with Crippen LogP contribution >= 0.6 is 27.7 Å². The number of halogens is 1. The summed E-state index contributed by atoms with van der Waals surface area (Å²) in [5.74, 6) is -1.09. The van der Waals surface area contributed by atoms with Crippen molar-refractivity contribution in [3.8, 4) is 0 Å². The van der Waals surface area contributed by atoms with Crippen LogP contribution in [0, 0.1) is 0 Å². The van der Waals surface area contributed by atoms with Crippen LogP contribution < -0.4 is 10.6 Å². The Balaban J connectivity index is 2.71. The van der Waals surface area contributed by atoms with Gasteiger partial charge >= 0.3 is 12.0 Å². The summed E-state index contributed by atoms with van der Waals surface area (Å²) >= 11 is 4.84. The molecule has 1 aromatic carbocycles. The van der Waals surface area contributed by atoms with Gasteiger partial charge in [0, 0.05) is 16.3 Å². The number of carboxylic acids is 1. The van der Waals surface area contributed by atoms with Crippen molar-refractivity contribution in [1.82, 2.24) is 5.32 Å². The Morgan fingerprint density at radius 2 is 2.16 bits per heavy atom. The number of nitrogens with one attached hydrogen (secondary N) is 2. The molecule has 0 saturated heterocycles. The molecule has 0 radical (unpaired) electrons. The van der Waals surface area contributed by atoms with Gasteiger partial charge in [0.1, 0.15) is 0 Å². The van der Waals surface area contributed by atoms with Crippen LogP contribution in [-0.2, 0) is 0 Å². The monoisotopic (exact) mass is 346 g/mol. The summed E-state index contributed by atoms with van der Waals surface area (Å²) in [7, 11) is 0. The molecular weight excluding hydrogens is 332 g/mol. The fourth-order valence-electron chi connectivity index (χ4n) is 1.29. The normalized spacial score (nSPS) is 11.7. The van der Waals surface area contributed by atoms with E-state index in [0.29, 0.717) is 16.3 Å². The SMILES string of the molecule is CSC(C)CNC(=O)Nc1ccc(Br)cc1C(=O)O. The maximum Gasteiger partial charge on any atom is 0.337 e. The first-order chi connectivity index (χ1) is 8.93. The first kappa shape index (κ1) is 15.8. The van der Waals surface area contributed by atoms with Crippen LogP contribution in [0.3, 0.4) is 0 Å². The number of amides is 2. The van der Waals surface area contributed by atoms with Crippen molar-refractivity contribution in [2.45, 2.75) is 12.2 Å². The summed E-state index contributed by atoms with van der Waals surface area (Å²) < 4.78 is 0.645. The Morgan fingerprint density at radius 3 is 2.74 bits per heavy atom. The van der Waals surface area contributed by atoms with E-state index in [-0.39, 0.29) is 11.3 Å². The Hall–Kier alpha value is -1.21. The number of rotatable bonds is 5. The van der Waals surface area contributed by atoms with Crippen LogP contribution in [0.25, 0.3) is 0 Å². The number of carbonyl (C=O) groups is 2. The van der Waals surface area contributed by atoms with Crippen molar-refractivity contribution < 1.29 is 14.7 Å². The van der Waals surface area contributed by atoms with E-state index in [4.69, 9.17) is 5.11 Å². The minimum Gasteiger partial charge on any atom is -0.478 e. The standard InChI is InChI=1S/C12H15BrN2O3S/c1-7(19-2)6-14-12(18)15-10-4-3-8(13)5-9(10)11(16)17/h3-5,7H,6H2,1-2H3,(H,16,17)(H2,14,15,18). The lowest BCUT2D eigenvalue weighted by Gasteiger charge is -2.12. The molecule has 1 rings (SSSR count). The summed E-state index contributed by atoms with van der Waals surface area (Å²) in [4.78, 5) is 22.7. The van der Waals surface area contributed by atoms with E-state index in [1.54, 1.807) is 23.9 Å². The zero-order valence-corrected chi connectivity index (χ0v) is 13.0. The molecule has 104 valence electrons. The van der Waals surface area contributed by atoms with Gasteiger partial charge in [0.05, 0.1) is 11.3 Å². The van der Waals surface area contributed by atoms with Gasteiger partial charge in [0.2, 0.25) is 0 Å². The molecule has 3 N–H and O–H groups in total. The van der Waals surface area contributed by atoms with E-state index < -0.39 is 12.0 Å². The molecule has 1 aromatic rings. The lowest BCUT2D eigenvalue weighted by atomic mass is 10.2. The topological polar surface area (TPSA) is 78.4 Å². The second kappa shape index (κ2) is 7.40. The maximum absolute atomic E-state index is 11.7. The van der Waals surface area contributed by atoms with Gasteiger partial charge in [-0.3, -0.25) is 0 Å². The molecule has 0 heterocycles. The molecule has 0 aromatic heterocycles. The number of urea groups is 1. The maximum atomic E-state index is 11.7. The first-order valence-corrected chi connectivity index (χ1v) is 7.62. The average Bonchev–Trinajstić information content (AvgIpc) is 2.37. The zero-order chi connectivity index (χ0) is 14.4. The molecule has 0 saturated carbocycles. The van der Waals surface area contributed by atoms with Crippen LogP contribution in [0.2, 0.25) is 0 Å². The molecule has 7 heteroatoms. The number of hydrogen-bond acceptors (Lipinski definition) is 3. The van der Waals surface area contributed by atoms with Crippen molar-refractivity contribution in [1.29, 1.82) is 0 Å². The quantitative estimate of drug-likeness (QED) is 0.765. The highest BCUT2D eigenvalue weighted by molar-refractivity contribution is 9.10. The van der Waals surface area contributed by atoms with Crippen LogP contribution in [-0.4, -0.2) is 35.2 Å². The van der Waals surface area contributed by atoms with E-state index in [0.717, 1.165) is 0 Å². The van der Waals surface area contributed by atoms with E-state index in [2.05, 4.69) is 26.6 Å². The number of hydrogen-bond donors (Lipinski definition) is 3. The highest BCUT2D eigenvalue weighted by atomic mass is 79.9. The van der Waals surface area contributed by atoms with Crippen molar-refractivity contribution in [2.75, 3.05) is 18.1 Å². The predicted molar refractivity (Wildman–Crippen MR) is 81.1 cm³/mol. The molecule has 1 atom stereocenters. The summed E-state index contributed by atoms with van der Waals surface area (Å²) in [6.45, 7) is 2.51. The molecule has 0 aliphatic heterocycles. The minimum absolute atomic E-state index is 0.0439. The second-order valence-electron chi connectivity index (χ2n) is 3.88. The third kappa shape index (κ3) is 5.12. The summed E-state index contributed by atoms with van der Waals surface area (Å²) in [5, 5.41) is 14.6. The summed E-state index contributed by atoms with van der Waals surface area (Å²) in [5.41, 5.74) is 0.312. The lowest BCUT2D eigenvalue weighted by Crippen LogP contribution is -2.33. The van der Waals surface area contributed by atoms with E-state index in [1.807, 2.05) is 13.2 Å². The van der Waals surface area contributed by atoms with E-state index in [1.165, 1.54) is 6.07 Å². The van der Waals surface area contributed by atoms with Crippen LogP contribution in [0.1, 0.15) is 17.3 Å². The number of carboxylic acid groups (broad SMARTS) is 1. The Morgan fingerprint density at radius 1 is 1.47 bits per heavy atom. The fourth-order valence-corrected chi connectivity index (χ4v) is 1.90. The Kier molecular flexibility index (Phi) is 6.17. The van der Waals surface area contributed by atoms with Gasteiger partial charge in [-0.2, -0.15) is 11.8 Å². The first-order valence-electron chi connectivity index (χ1n) is 5.54. The second-order valence-corrected chi connectivity index (χ2v) is 6.07. The molecular formula is C12H15BrN2O3S. The third-order valence-electron chi connectivity index (χ3n) is 2.41. The zero-order valence-electron chi connectivity index (χ0n) is 10.6. The van der Waals surface area contributed by atoms with Crippen LogP contribution in [0.15, 0.2) is 22.7 Å². The smallest absolute Gasteiger partial charge is 0.337 e. The number of carbonyl (C=O) groups excluding carboxylic acids is 1. The van der Waals surface area contributed by atoms with Gasteiger partial charge < -0.3 is 15.7 Å². The largest absolute Gasteiger partial charge is 0.478 e. The van der Waals surface area contributed by atoms with Gasteiger partial charge in [-0.15, -0.1) is 0 Å². The highest BCUT2D eigenvalue weighted by Gasteiger charge is 2.13. The molecule has 5 nitrogen and oxygen atoms in total.